The smallest absolute Gasteiger partial charge is 0.217 e. The molecule has 3 rings (SSSR count). The molecule has 7 nitrogen and oxygen atoms in total. The maximum Gasteiger partial charge on any atom is 0.217 e. The van der Waals surface area contributed by atoms with E-state index < -0.39 is 0 Å². The standard InChI is InChI=1S/C12H13N5O2/c1-18-9-2-3-10-11(4-9)19-12(14-10)7-17-6-8(5-13)15-16-17/h2-4,6H,5,7,13H2,1H3. The minimum Gasteiger partial charge on any atom is -0.497 e. The number of ether oxygens (including phenoxy) is 1. The van der Waals surface area contributed by atoms with E-state index in [0.29, 0.717) is 24.6 Å². The molecule has 0 saturated carbocycles. The van der Waals surface area contributed by atoms with Gasteiger partial charge in [-0.2, -0.15) is 0 Å². The molecule has 0 saturated heterocycles. The molecule has 2 aromatic heterocycles. The van der Waals surface area contributed by atoms with Crippen LogP contribution in [-0.4, -0.2) is 27.1 Å². The second kappa shape index (κ2) is 4.69. The van der Waals surface area contributed by atoms with Gasteiger partial charge in [0.1, 0.15) is 17.8 Å². The third kappa shape index (κ3) is 2.27. The van der Waals surface area contributed by atoms with Crippen molar-refractivity contribution in [1.29, 1.82) is 0 Å². The van der Waals surface area contributed by atoms with Crippen molar-refractivity contribution in [2.45, 2.75) is 13.1 Å². The zero-order valence-corrected chi connectivity index (χ0v) is 10.4. The van der Waals surface area contributed by atoms with Crippen LogP contribution < -0.4 is 10.5 Å². The van der Waals surface area contributed by atoms with Crippen LogP contribution in [-0.2, 0) is 13.1 Å². The Kier molecular flexibility index (Phi) is 2.88. The van der Waals surface area contributed by atoms with Crippen molar-refractivity contribution in [3.8, 4) is 5.75 Å². The summed E-state index contributed by atoms with van der Waals surface area (Å²) in [5, 5.41) is 7.86. The highest BCUT2D eigenvalue weighted by Crippen LogP contribution is 2.21. The molecule has 0 radical (unpaired) electrons. The Balaban J connectivity index is 1.88. The number of hydrogen-bond acceptors (Lipinski definition) is 6. The summed E-state index contributed by atoms with van der Waals surface area (Å²) in [4.78, 5) is 4.38. The van der Waals surface area contributed by atoms with E-state index in [1.54, 1.807) is 24.1 Å². The Morgan fingerprint density at radius 1 is 1.42 bits per heavy atom. The van der Waals surface area contributed by atoms with Crippen LogP contribution in [0.2, 0.25) is 0 Å². The SMILES string of the molecule is COc1ccc2nc(Cn3cc(CN)nn3)oc2c1. The summed E-state index contributed by atoms with van der Waals surface area (Å²) in [7, 11) is 1.61. The van der Waals surface area contributed by atoms with Crippen molar-refractivity contribution < 1.29 is 9.15 Å². The van der Waals surface area contributed by atoms with Crippen LogP contribution in [0, 0.1) is 0 Å². The summed E-state index contributed by atoms with van der Waals surface area (Å²) >= 11 is 0. The number of nitrogens with two attached hydrogens (primary N) is 1. The molecule has 0 fully saturated rings. The summed E-state index contributed by atoms with van der Waals surface area (Å²) in [6.45, 7) is 0.786. The van der Waals surface area contributed by atoms with Crippen LogP contribution >= 0.6 is 0 Å². The summed E-state index contributed by atoms with van der Waals surface area (Å²) in [6, 6.07) is 5.50. The highest BCUT2D eigenvalue weighted by atomic mass is 16.5. The van der Waals surface area contributed by atoms with E-state index in [9.17, 15) is 0 Å². The van der Waals surface area contributed by atoms with Crippen molar-refractivity contribution in [1.82, 2.24) is 20.0 Å². The Morgan fingerprint density at radius 3 is 3.05 bits per heavy atom. The Labute approximate surface area is 109 Å². The van der Waals surface area contributed by atoms with Crippen molar-refractivity contribution in [2.75, 3.05) is 7.11 Å². The third-order valence-electron chi connectivity index (χ3n) is 2.73. The van der Waals surface area contributed by atoms with E-state index >= 15 is 0 Å². The Morgan fingerprint density at radius 2 is 2.32 bits per heavy atom. The van der Waals surface area contributed by atoms with Crippen LogP contribution in [0.3, 0.4) is 0 Å². The Hall–Kier alpha value is -2.41. The van der Waals surface area contributed by atoms with Crippen molar-refractivity contribution in [2.24, 2.45) is 5.73 Å². The number of oxazole rings is 1. The molecule has 1 aromatic carbocycles. The molecule has 0 unspecified atom stereocenters. The van der Waals surface area contributed by atoms with Crippen LogP contribution in [0.1, 0.15) is 11.6 Å². The Bertz CT molecular complexity index is 703. The first-order valence-electron chi connectivity index (χ1n) is 5.81. The molecule has 0 aliphatic rings. The maximum atomic E-state index is 5.65. The second-order valence-electron chi connectivity index (χ2n) is 4.05. The second-order valence-corrected chi connectivity index (χ2v) is 4.05. The van der Waals surface area contributed by atoms with Crippen LogP contribution in [0.4, 0.5) is 0 Å². The molecular weight excluding hydrogens is 246 g/mol. The van der Waals surface area contributed by atoms with E-state index in [0.717, 1.165) is 17.0 Å². The van der Waals surface area contributed by atoms with Gasteiger partial charge in [0.05, 0.1) is 19.0 Å². The first-order chi connectivity index (χ1) is 9.28. The molecule has 3 aromatic rings. The molecule has 0 aliphatic carbocycles. The van der Waals surface area contributed by atoms with E-state index in [2.05, 4.69) is 15.3 Å². The number of nitrogens with zero attached hydrogens (tertiary/aromatic N) is 4. The van der Waals surface area contributed by atoms with Crippen molar-refractivity contribution >= 4 is 11.1 Å². The topological polar surface area (TPSA) is 92.0 Å². The molecule has 98 valence electrons. The summed E-state index contributed by atoms with van der Waals surface area (Å²) in [5.74, 6) is 1.30. The zero-order chi connectivity index (χ0) is 13.2. The number of methoxy groups -OCH3 is 1. The minimum absolute atomic E-state index is 0.366. The van der Waals surface area contributed by atoms with E-state index in [1.165, 1.54) is 0 Å². The predicted octanol–water partition coefficient (Wildman–Crippen LogP) is 0.935. The largest absolute Gasteiger partial charge is 0.497 e. The maximum absolute atomic E-state index is 5.65. The van der Waals surface area contributed by atoms with Gasteiger partial charge in [0.15, 0.2) is 5.58 Å². The quantitative estimate of drug-likeness (QED) is 0.749. The lowest BCUT2D eigenvalue weighted by Gasteiger charge is -1.96. The number of benzene rings is 1. The molecule has 2 heterocycles. The highest BCUT2D eigenvalue weighted by molar-refractivity contribution is 5.74. The fourth-order valence-corrected chi connectivity index (χ4v) is 1.80. The van der Waals surface area contributed by atoms with Gasteiger partial charge in [0, 0.05) is 12.6 Å². The van der Waals surface area contributed by atoms with Crippen LogP contribution in [0.25, 0.3) is 11.1 Å². The van der Waals surface area contributed by atoms with E-state index in [-0.39, 0.29) is 0 Å². The summed E-state index contributed by atoms with van der Waals surface area (Å²) in [6.07, 6.45) is 1.77. The molecule has 0 spiro atoms. The molecule has 0 aliphatic heterocycles. The third-order valence-corrected chi connectivity index (χ3v) is 2.73. The van der Waals surface area contributed by atoms with Gasteiger partial charge >= 0.3 is 0 Å². The monoisotopic (exact) mass is 259 g/mol. The van der Waals surface area contributed by atoms with E-state index in [4.69, 9.17) is 14.9 Å². The number of hydrogen-bond donors (Lipinski definition) is 1. The predicted molar refractivity (Wildman–Crippen MR) is 67.6 cm³/mol. The normalized spacial score (nSPS) is 11.1. The van der Waals surface area contributed by atoms with Gasteiger partial charge in [-0.05, 0) is 12.1 Å². The van der Waals surface area contributed by atoms with Crippen LogP contribution in [0.5, 0.6) is 5.75 Å². The van der Waals surface area contributed by atoms with Gasteiger partial charge in [-0.15, -0.1) is 5.10 Å². The molecule has 19 heavy (non-hydrogen) atoms. The van der Waals surface area contributed by atoms with Gasteiger partial charge in [-0.1, -0.05) is 5.21 Å². The lowest BCUT2D eigenvalue weighted by Crippen LogP contribution is -2.00. The van der Waals surface area contributed by atoms with Gasteiger partial charge in [-0.3, -0.25) is 0 Å². The number of fused-ring (bicyclic) bond motifs is 1. The minimum atomic E-state index is 0.366. The molecular formula is C12H13N5O2. The number of rotatable bonds is 4. The molecule has 0 atom stereocenters. The molecule has 0 amide bonds. The average Bonchev–Trinajstić information content (AvgIpc) is 3.03. The number of aromatic nitrogens is 4. The molecule has 2 N–H and O–H groups in total. The van der Waals surface area contributed by atoms with Gasteiger partial charge < -0.3 is 14.9 Å². The molecule has 0 bridgehead atoms. The van der Waals surface area contributed by atoms with E-state index in [1.807, 2.05) is 12.1 Å². The van der Waals surface area contributed by atoms with Crippen molar-refractivity contribution in [3.05, 3.63) is 36.0 Å². The van der Waals surface area contributed by atoms with Gasteiger partial charge in [0.25, 0.3) is 0 Å². The fraction of sp³-hybridized carbons (Fsp3) is 0.250. The first-order valence-corrected chi connectivity index (χ1v) is 5.81. The fourth-order valence-electron chi connectivity index (χ4n) is 1.80. The van der Waals surface area contributed by atoms with Gasteiger partial charge in [0.2, 0.25) is 5.89 Å². The van der Waals surface area contributed by atoms with Crippen LogP contribution in [0.15, 0.2) is 28.8 Å². The van der Waals surface area contributed by atoms with Gasteiger partial charge in [-0.25, -0.2) is 9.67 Å². The summed E-state index contributed by atoms with van der Waals surface area (Å²) < 4.78 is 12.4. The lowest BCUT2D eigenvalue weighted by atomic mass is 10.3. The summed E-state index contributed by atoms with van der Waals surface area (Å²) in [5.41, 5.74) is 7.69. The average molecular weight is 259 g/mol. The molecule has 7 heteroatoms. The highest BCUT2D eigenvalue weighted by Gasteiger charge is 2.08. The zero-order valence-electron chi connectivity index (χ0n) is 10.4. The lowest BCUT2D eigenvalue weighted by molar-refractivity contribution is 0.414. The van der Waals surface area contributed by atoms with Crippen molar-refractivity contribution in [3.63, 3.8) is 0 Å². The first kappa shape index (κ1) is 11.7.